The number of fused-ring (bicyclic) bond motifs is 4. The third-order valence-electron chi connectivity index (χ3n) is 7.95. The first-order valence-electron chi connectivity index (χ1n) is 14.0. The van der Waals surface area contributed by atoms with Crippen LogP contribution in [0.3, 0.4) is 0 Å². The predicted molar refractivity (Wildman–Crippen MR) is 162 cm³/mol. The zero-order valence-corrected chi connectivity index (χ0v) is 23.6. The Balaban J connectivity index is 1.29. The van der Waals surface area contributed by atoms with Gasteiger partial charge in [-0.25, -0.2) is 0 Å². The summed E-state index contributed by atoms with van der Waals surface area (Å²) in [6.45, 7) is 4.64. The number of nitrogens with one attached hydrogen (secondary N) is 2. The van der Waals surface area contributed by atoms with Gasteiger partial charge in [0.2, 0.25) is 0 Å². The molecular weight excluding hydrogens is 512 g/mol. The van der Waals surface area contributed by atoms with Crippen LogP contribution in [-0.2, 0) is 16.1 Å². The van der Waals surface area contributed by atoms with Crippen LogP contribution in [0.25, 0.3) is 16.3 Å². The molecule has 0 unspecified atom stereocenters. The Bertz CT molecular complexity index is 1670. The number of hydrogen-bond donors (Lipinski definition) is 2. The summed E-state index contributed by atoms with van der Waals surface area (Å²) >= 11 is 0. The highest BCUT2D eigenvalue weighted by molar-refractivity contribution is 6.12. The van der Waals surface area contributed by atoms with Crippen molar-refractivity contribution in [2.75, 3.05) is 19.0 Å². The van der Waals surface area contributed by atoms with Crippen LogP contribution >= 0.6 is 0 Å². The molecule has 0 fully saturated rings. The minimum atomic E-state index is -0.320. The molecule has 1 aliphatic heterocycles. The van der Waals surface area contributed by atoms with Crippen LogP contribution in [0.15, 0.2) is 90.5 Å². The van der Waals surface area contributed by atoms with Crippen LogP contribution in [0.2, 0.25) is 0 Å². The topological polar surface area (TPSA) is 76.7 Å². The molecule has 41 heavy (non-hydrogen) atoms. The number of rotatable bonds is 7. The lowest BCUT2D eigenvalue weighted by atomic mass is 9.68. The fourth-order valence-corrected chi connectivity index (χ4v) is 6.06. The van der Waals surface area contributed by atoms with Crippen molar-refractivity contribution in [1.82, 2.24) is 5.32 Å². The van der Waals surface area contributed by atoms with Gasteiger partial charge in [0, 0.05) is 29.8 Å². The van der Waals surface area contributed by atoms with E-state index in [2.05, 4.69) is 54.8 Å². The molecule has 6 nitrogen and oxygen atoms in total. The number of ketones is 1. The van der Waals surface area contributed by atoms with E-state index in [1.807, 2.05) is 54.6 Å². The second-order valence-electron chi connectivity index (χ2n) is 11.6. The number of ether oxygens (including phenoxy) is 2. The Morgan fingerprint density at radius 1 is 0.951 bits per heavy atom. The van der Waals surface area contributed by atoms with Crippen molar-refractivity contribution in [2.45, 2.75) is 39.3 Å². The molecule has 0 bridgehead atoms. The third-order valence-corrected chi connectivity index (χ3v) is 7.95. The molecule has 6 heteroatoms. The van der Waals surface area contributed by atoms with Crippen LogP contribution in [0.5, 0.6) is 11.5 Å². The van der Waals surface area contributed by atoms with E-state index < -0.39 is 0 Å². The van der Waals surface area contributed by atoms with Crippen molar-refractivity contribution in [1.29, 1.82) is 0 Å². The van der Waals surface area contributed by atoms with E-state index in [0.29, 0.717) is 24.5 Å². The van der Waals surface area contributed by atoms with Gasteiger partial charge in [0.05, 0.1) is 13.2 Å². The minimum absolute atomic E-state index is 0.123. The van der Waals surface area contributed by atoms with Gasteiger partial charge in [-0.2, -0.15) is 0 Å². The normalized spacial score (nSPS) is 17.3. The van der Waals surface area contributed by atoms with E-state index in [1.54, 1.807) is 7.11 Å². The van der Waals surface area contributed by atoms with Gasteiger partial charge in [-0.1, -0.05) is 80.6 Å². The number of amides is 1. The van der Waals surface area contributed by atoms with Crippen molar-refractivity contribution in [2.24, 2.45) is 5.41 Å². The van der Waals surface area contributed by atoms with Crippen LogP contribution in [-0.4, -0.2) is 25.4 Å². The lowest BCUT2D eigenvalue weighted by Crippen LogP contribution is -2.33. The molecular formula is C35H34N2O4. The monoisotopic (exact) mass is 546 g/mol. The van der Waals surface area contributed by atoms with Crippen LogP contribution < -0.4 is 20.1 Å². The second kappa shape index (κ2) is 10.8. The highest BCUT2D eigenvalue weighted by Gasteiger charge is 2.41. The molecule has 0 saturated carbocycles. The summed E-state index contributed by atoms with van der Waals surface area (Å²) in [4.78, 5) is 26.2. The van der Waals surface area contributed by atoms with Gasteiger partial charge < -0.3 is 20.1 Å². The molecule has 0 radical (unpaired) electrons. The van der Waals surface area contributed by atoms with Gasteiger partial charge in [0.25, 0.3) is 5.91 Å². The molecule has 2 aliphatic rings. The number of benzene rings is 4. The number of anilines is 1. The molecule has 1 aliphatic carbocycles. The Labute approximate surface area is 240 Å². The zero-order chi connectivity index (χ0) is 28.6. The van der Waals surface area contributed by atoms with Crippen LogP contribution in [0.4, 0.5) is 5.69 Å². The van der Waals surface area contributed by atoms with E-state index >= 15 is 0 Å². The van der Waals surface area contributed by atoms with Gasteiger partial charge in [-0.3, -0.25) is 9.59 Å². The maximum absolute atomic E-state index is 13.7. The first-order valence-corrected chi connectivity index (χ1v) is 14.0. The van der Waals surface area contributed by atoms with Crippen molar-refractivity contribution >= 4 is 33.7 Å². The maximum Gasteiger partial charge on any atom is 0.258 e. The summed E-state index contributed by atoms with van der Waals surface area (Å²) in [7, 11) is 1.58. The fraction of sp³-hybridized carbons (Fsp3) is 0.257. The Hall–Kier alpha value is -4.58. The van der Waals surface area contributed by atoms with Gasteiger partial charge in [0.1, 0.15) is 0 Å². The highest BCUT2D eigenvalue weighted by Crippen LogP contribution is 2.52. The summed E-state index contributed by atoms with van der Waals surface area (Å²) in [5.41, 5.74) is 5.90. The molecule has 4 aromatic carbocycles. The van der Waals surface area contributed by atoms with Crippen molar-refractivity contribution in [3.63, 3.8) is 0 Å². The summed E-state index contributed by atoms with van der Waals surface area (Å²) in [6.07, 6.45) is 1.32. The lowest BCUT2D eigenvalue weighted by Gasteiger charge is -2.40. The third kappa shape index (κ3) is 5.30. The molecule has 0 spiro atoms. The average molecular weight is 547 g/mol. The van der Waals surface area contributed by atoms with Crippen LogP contribution in [0, 0.1) is 5.41 Å². The van der Waals surface area contributed by atoms with E-state index in [0.717, 1.165) is 50.7 Å². The van der Waals surface area contributed by atoms with E-state index in [4.69, 9.17) is 9.47 Å². The largest absolute Gasteiger partial charge is 0.493 e. The van der Waals surface area contributed by atoms with Gasteiger partial charge in [-0.05, 0) is 57.5 Å². The molecule has 1 heterocycles. The summed E-state index contributed by atoms with van der Waals surface area (Å²) in [6, 6.07) is 27.7. The van der Waals surface area contributed by atoms with Crippen LogP contribution in [0.1, 0.15) is 49.4 Å². The molecule has 2 N–H and O–H groups in total. The molecule has 6 rings (SSSR count). The predicted octanol–water partition coefficient (Wildman–Crippen LogP) is 6.85. The molecule has 208 valence electrons. The number of allylic oxidation sites excluding steroid dienone is 1. The molecule has 0 aromatic heterocycles. The van der Waals surface area contributed by atoms with Gasteiger partial charge in [0.15, 0.2) is 23.9 Å². The Morgan fingerprint density at radius 3 is 2.54 bits per heavy atom. The van der Waals surface area contributed by atoms with E-state index in [9.17, 15) is 9.59 Å². The zero-order valence-electron chi connectivity index (χ0n) is 23.6. The lowest BCUT2D eigenvalue weighted by molar-refractivity contribution is -0.123. The second-order valence-corrected chi connectivity index (χ2v) is 11.6. The number of carbonyl (C=O) groups is 2. The molecule has 1 atom stereocenters. The van der Waals surface area contributed by atoms with E-state index in [-0.39, 0.29) is 29.8 Å². The Kier molecular flexibility index (Phi) is 7.00. The number of methoxy groups -OCH3 is 1. The number of Topliss-reactive ketones (excluding diaryl/α,β-unsaturated/α-hetero) is 1. The molecule has 0 saturated heterocycles. The average Bonchev–Trinajstić information content (AvgIpc) is 2.98. The fourth-order valence-electron chi connectivity index (χ4n) is 6.06. The standard InChI is InChI=1S/C35H34N2O4/c1-35(2)18-26-32-25-12-8-7-11-23(25)13-15-27(32)37-34(33(26)28(38)19-35)24-14-16-29(30(17-24)40-3)41-21-31(39)36-20-22-9-5-4-6-10-22/h4-17,34,37H,18-21H2,1-3H3,(H,36,39)/t34-/m1/s1. The summed E-state index contributed by atoms with van der Waals surface area (Å²) < 4.78 is 11.5. The molecule has 4 aromatic rings. The number of hydrogen-bond acceptors (Lipinski definition) is 5. The van der Waals surface area contributed by atoms with Crippen molar-refractivity contribution in [3.05, 3.63) is 107 Å². The number of carbonyl (C=O) groups excluding carboxylic acids is 2. The minimum Gasteiger partial charge on any atom is -0.493 e. The van der Waals surface area contributed by atoms with Gasteiger partial charge >= 0.3 is 0 Å². The van der Waals surface area contributed by atoms with Gasteiger partial charge in [-0.15, -0.1) is 0 Å². The SMILES string of the molecule is COc1cc([C@H]2Nc3ccc4ccccc4c3C3=C2C(=O)CC(C)(C)C3)ccc1OCC(=O)NCc1ccccc1. The first-order chi connectivity index (χ1) is 19.8. The quantitative estimate of drug-likeness (QED) is 0.265. The highest BCUT2D eigenvalue weighted by atomic mass is 16.5. The van der Waals surface area contributed by atoms with Crippen molar-refractivity contribution < 1.29 is 19.1 Å². The smallest absolute Gasteiger partial charge is 0.258 e. The first kappa shape index (κ1) is 26.6. The summed E-state index contributed by atoms with van der Waals surface area (Å²) in [5, 5.41) is 8.86. The Morgan fingerprint density at radius 2 is 1.73 bits per heavy atom. The summed E-state index contributed by atoms with van der Waals surface area (Å²) in [5.74, 6) is 0.929. The maximum atomic E-state index is 13.7. The van der Waals surface area contributed by atoms with Crippen molar-refractivity contribution in [3.8, 4) is 11.5 Å². The van der Waals surface area contributed by atoms with E-state index in [1.165, 1.54) is 0 Å². The molecule has 1 amide bonds.